The van der Waals surface area contributed by atoms with Gasteiger partial charge in [0.05, 0.1) is 24.4 Å². The number of sulfone groups is 1. The quantitative estimate of drug-likeness (QED) is 0.806. The summed E-state index contributed by atoms with van der Waals surface area (Å²) in [5.74, 6) is -0.0291. The molecule has 0 spiro atoms. The van der Waals surface area contributed by atoms with Gasteiger partial charge in [0.1, 0.15) is 15.7 Å². The van der Waals surface area contributed by atoms with Crippen molar-refractivity contribution in [2.75, 3.05) is 23.8 Å². The third-order valence-corrected chi connectivity index (χ3v) is 4.93. The molecule has 1 aliphatic rings. The van der Waals surface area contributed by atoms with Gasteiger partial charge in [-0.15, -0.1) is 0 Å². The van der Waals surface area contributed by atoms with Crippen LogP contribution < -0.4 is 5.73 Å². The monoisotopic (exact) mass is 287 g/mol. The molecule has 0 bridgehead atoms. The van der Waals surface area contributed by atoms with Gasteiger partial charge < -0.3 is 15.0 Å². The number of imidazole rings is 1. The number of anilines is 1. The van der Waals surface area contributed by atoms with E-state index in [1.54, 1.807) is 11.5 Å². The van der Waals surface area contributed by atoms with Crippen LogP contribution in [0.5, 0.6) is 0 Å². The molecule has 0 atom stereocenters. The van der Waals surface area contributed by atoms with Crippen LogP contribution in [-0.2, 0) is 14.6 Å². The Labute approximate surface area is 111 Å². The molecule has 2 N–H and O–H groups in total. The zero-order valence-electron chi connectivity index (χ0n) is 10.7. The minimum atomic E-state index is -2.92. The first kappa shape index (κ1) is 13.9. The first-order valence-corrected chi connectivity index (χ1v) is 7.96. The molecule has 1 aromatic rings. The highest BCUT2D eigenvalue weighted by Gasteiger charge is 2.27. The smallest absolute Gasteiger partial charge is 0.360 e. The number of hydrogen-bond acceptors (Lipinski definition) is 6. The predicted molar refractivity (Wildman–Crippen MR) is 69.5 cm³/mol. The number of ether oxygens (including phenoxy) is 1. The molecule has 8 heteroatoms. The van der Waals surface area contributed by atoms with Gasteiger partial charge in [0.25, 0.3) is 0 Å². The summed E-state index contributed by atoms with van der Waals surface area (Å²) in [6.07, 6.45) is 2.46. The van der Waals surface area contributed by atoms with Crippen molar-refractivity contribution in [2.24, 2.45) is 0 Å². The number of aromatic nitrogens is 2. The summed E-state index contributed by atoms with van der Waals surface area (Å²) in [5, 5.41) is 0. The van der Waals surface area contributed by atoms with Crippen LogP contribution in [0.15, 0.2) is 6.33 Å². The van der Waals surface area contributed by atoms with Gasteiger partial charge in [0.2, 0.25) is 0 Å². The van der Waals surface area contributed by atoms with Gasteiger partial charge in [-0.2, -0.15) is 0 Å². The SMILES string of the molecule is CCOC(=O)c1ncn(C2CCS(=O)(=O)CC2)c1N. The van der Waals surface area contributed by atoms with Crippen LogP contribution in [-0.4, -0.2) is 42.1 Å². The first-order valence-electron chi connectivity index (χ1n) is 6.14. The number of rotatable bonds is 3. The lowest BCUT2D eigenvalue weighted by atomic mass is 10.1. The number of carbonyl (C=O) groups is 1. The maximum absolute atomic E-state index is 11.6. The molecular formula is C11H17N3O4S. The van der Waals surface area contributed by atoms with Crippen LogP contribution in [0.25, 0.3) is 0 Å². The molecule has 2 rings (SSSR count). The lowest BCUT2D eigenvalue weighted by Gasteiger charge is -2.23. The van der Waals surface area contributed by atoms with Crippen molar-refractivity contribution in [3.05, 3.63) is 12.0 Å². The minimum absolute atomic E-state index is 0.0285. The molecule has 0 unspecified atom stereocenters. The van der Waals surface area contributed by atoms with Gasteiger partial charge >= 0.3 is 5.97 Å². The second-order valence-corrected chi connectivity index (χ2v) is 6.79. The number of hydrogen-bond donors (Lipinski definition) is 1. The van der Waals surface area contributed by atoms with Crippen LogP contribution in [0.1, 0.15) is 36.3 Å². The molecule has 7 nitrogen and oxygen atoms in total. The molecule has 1 aromatic heterocycles. The van der Waals surface area contributed by atoms with Crippen molar-refractivity contribution >= 4 is 21.6 Å². The predicted octanol–water partition coefficient (Wildman–Crippen LogP) is 0.392. The van der Waals surface area contributed by atoms with Crippen LogP contribution in [0.4, 0.5) is 5.82 Å². The third-order valence-electron chi connectivity index (χ3n) is 3.22. The van der Waals surface area contributed by atoms with E-state index in [4.69, 9.17) is 10.5 Å². The highest BCUT2D eigenvalue weighted by Crippen LogP contribution is 2.27. The van der Waals surface area contributed by atoms with Crippen LogP contribution in [0, 0.1) is 0 Å². The topological polar surface area (TPSA) is 104 Å². The number of nitrogen functional groups attached to an aromatic ring is 1. The highest BCUT2D eigenvalue weighted by molar-refractivity contribution is 7.91. The maximum atomic E-state index is 11.6. The Kier molecular flexibility index (Phi) is 3.79. The molecule has 0 aliphatic carbocycles. The van der Waals surface area contributed by atoms with Gasteiger partial charge in [-0.3, -0.25) is 0 Å². The van der Waals surface area contributed by atoms with Crippen molar-refractivity contribution < 1.29 is 17.9 Å². The molecule has 19 heavy (non-hydrogen) atoms. The minimum Gasteiger partial charge on any atom is -0.461 e. The fraction of sp³-hybridized carbons (Fsp3) is 0.636. The summed E-state index contributed by atoms with van der Waals surface area (Å²) in [6, 6.07) is -0.0285. The molecular weight excluding hydrogens is 270 g/mol. The van der Waals surface area contributed by atoms with E-state index in [0.29, 0.717) is 12.8 Å². The van der Waals surface area contributed by atoms with Crippen molar-refractivity contribution in [3.63, 3.8) is 0 Å². The molecule has 0 saturated carbocycles. The number of nitrogens with two attached hydrogens (primary N) is 1. The van der Waals surface area contributed by atoms with Crippen LogP contribution in [0.3, 0.4) is 0 Å². The number of esters is 1. The molecule has 106 valence electrons. The Morgan fingerprint density at radius 2 is 2.16 bits per heavy atom. The van der Waals surface area contributed by atoms with Crippen LogP contribution in [0.2, 0.25) is 0 Å². The molecule has 2 heterocycles. The summed E-state index contributed by atoms with van der Waals surface area (Å²) >= 11 is 0. The van der Waals surface area contributed by atoms with E-state index < -0.39 is 15.8 Å². The second kappa shape index (κ2) is 5.20. The van der Waals surface area contributed by atoms with E-state index in [9.17, 15) is 13.2 Å². The average molecular weight is 287 g/mol. The summed E-state index contributed by atoms with van der Waals surface area (Å²) in [5.41, 5.74) is 5.98. The maximum Gasteiger partial charge on any atom is 0.360 e. The summed E-state index contributed by atoms with van der Waals surface area (Å²) in [7, 11) is -2.92. The van der Waals surface area contributed by atoms with E-state index in [0.717, 1.165) is 0 Å². The van der Waals surface area contributed by atoms with E-state index in [1.165, 1.54) is 6.33 Å². The van der Waals surface area contributed by atoms with Gasteiger partial charge in [-0.05, 0) is 19.8 Å². The molecule has 0 aromatic carbocycles. The van der Waals surface area contributed by atoms with Crippen molar-refractivity contribution in [3.8, 4) is 0 Å². The lowest BCUT2D eigenvalue weighted by Crippen LogP contribution is -2.26. The van der Waals surface area contributed by atoms with Crippen molar-refractivity contribution in [1.29, 1.82) is 0 Å². The molecule has 0 amide bonds. The Morgan fingerprint density at radius 3 is 2.74 bits per heavy atom. The van der Waals surface area contributed by atoms with E-state index in [-0.39, 0.29) is 35.7 Å². The Bertz CT molecular complexity index is 565. The second-order valence-electron chi connectivity index (χ2n) is 4.49. The van der Waals surface area contributed by atoms with E-state index >= 15 is 0 Å². The normalized spacial score (nSPS) is 19.2. The molecule has 1 aliphatic heterocycles. The fourth-order valence-electron chi connectivity index (χ4n) is 2.17. The Morgan fingerprint density at radius 1 is 1.53 bits per heavy atom. The number of carbonyl (C=O) groups excluding carboxylic acids is 1. The lowest BCUT2D eigenvalue weighted by molar-refractivity contribution is 0.0521. The summed E-state index contributed by atoms with van der Waals surface area (Å²) < 4.78 is 29.3. The molecule has 0 radical (unpaired) electrons. The van der Waals surface area contributed by atoms with Crippen molar-refractivity contribution in [2.45, 2.75) is 25.8 Å². The van der Waals surface area contributed by atoms with E-state index in [2.05, 4.69) is 4.98 Å². The van der Waals surface area contributed by atoms with Crippen molar-refractivity contribution in [1.82, 2.24) is 9.55 Å². The Balaban J connectivity index is 2.16. The van der Waals surface area contributed by atoms with Gasteiger partial charge in [-0.25, -0.2) is 18.2 Å². The van der Waals surface area contributed by atoms with Gasteiger partial charge in [0.15, 0.2) is 5.69 Å². The molecule has 1 fully saturated rings. The van der Waals surface area contributed by atoms with Gasteiger partial charge in [-0.1, -0.05) is 0 Å². The van der Waals surface area contributed by atoms with Crippen LogP contribution >= 0.6 is 0 Å². The highest BCUT2D eigenvalue weighted by atomic mass is 32.2. The van der Waals surface area contributed by atoms with Gasteiger partial charge in [0, 0.05) is 6.04 Å². The standard InChI is InChI=1S/C11H17N3O4S/c1-2-18-11(15)9-10(12)14(7-13-9)8-3-5-19(16,17)6-4-8/h7-8H,2-6,12H2,1H3. The third kappa shape index (κ3) is 2.89. The summed E-state index contributed by atoms with van der Waals surface area (Å²) in [4.78, 5) is 15.6. The summed E-state index contributed by atoms with van der Waals surface area (Å²) in [6.45, 7) is 1.96. The van der Waals surface area contributed by atoms with E-state index in [1.807, 2.05) is 0 Å². The Hall–Kier alpha value is -1.57. The number of nitrogens with zero attached hydrogens (tertiary/aromatic N) is 2. The zero-order chi connectivity index (χ0) is 14.0. The zero-order valence-corrected chi connectivity index (χ0v) is 11.5. The molecule has 1 saturated heterocycles. The average Bonchev–Trinajstić information content (AvgIpc) is 2.72. The largest absolute Gasteiger partial charge is 0.461 e. The fourth-order valence-corrected chi connectivity index (χ4v) is 3.64. The first-order chi connectivity index (χ1) is 8.94.